The van der Waals surface area contributed by atoms with Crippen molar-refractivity contribution in [1.82, 2.24) is 30.4 Å². The van der Waals surface area contributed by atoms with E-state index in [2.05, 4.69) is 20.6 Å². The number of hydrogen-bond acceptors (Lipinski definition) is 10. The third kappa shape index (κ3) is 9.30. The molecule has 2 aliphatic heterocycles. The summed E-state index contributed by atoms with van der Waals surface area (Å²) >= 11 is 0.680. The van der Waals surface area contributed by atoms with Gasteiger partial charge in [-0.15, -0.1) is 10.2 Å². The van der Waals surface area contributed by atoms with E-state index in [1.54, 1.807) is 0 Å². The van der Waals surface area contributed by atoms with Gasteiger partial charge in [0, 0.05) is 38.2 Å². The average Bonchev–Trinajstić information content (AvgIpc) is 3.68. The lowest BCUT2D eigenvalue weighted by molar-refractivity contribution is -0.143. The van der Waals surface area contributed by atoms with Gasteiger partial charge >= 0.3 is 12.4 Å². The third-order valence-electron chi connectivity index (χ3n) is 7.80. The molecule has 0 radical (unpaired) electrons. The van der Waals surface area contributed by atoms with Crippen LogP contribution in [0.1, 0.15) is 41.8 Å². The molecule has 11 nitrogen and oxygen atoms in total. The number of carbonyl (C=O) groups is 2. The Hall–Kier alpha value is -4.16. The van der Waals surface area contributed by atoms with Gasteiger partial charge in [0.25, 0.3) is 11.1 Å². The lowest BCUT2D eigenvalue weighted by Gasteiger charge is -2.27. The number of benzene rings is 2. The number of imide groups is 1. The molecule has 3 aromatic rings. The van der Waals surface area contributed by atoms with E-state index in [1.807, 2.05) is 4.90 Å². The molecule has 264 valence electrons. The van der Waals surface area contributed by atoms with Crippen LogP contribution < -0.4 is 9.47 Å². The standard InChI is InChI=1S/C31H32F6N6O5S/c1-46-24-14-19(15-25-28(44)43(29(45)49-25)6-4-2-3-5-26-38-40-41-39-26)13-23(27(24)48-12-9-42-7-10-47-11-8-42)20-16-21(30(32,33)34)18-22(17-20)31(35,36)37/h13-18H,2-12H2,1H3,(H,38,39,40,41). The van der Waals surface area contributed by atoms with Crippen molar-refractivity contribution >= 4 is 29.0 Å². The zero-order valence-electron chi connectivity index (χ0n) is 26.2. The summed E-state index contributed by atoms with van der Waals surface area (Å²) in [7, 11) is 1.28. The lowest BCUT2D eigenvalue weighted by Crippen LogP contribution is -2.38. The number of carbonyl (C=O) groups excluding carboxylic acids is 2. The number of tetrazole rings is 1. The number of thioether (sulfide) groups is 1. The number of unbranched alkanes of at least 4 members (excludes halogenated alkanes) is 2. The van der Waals surface area contributed by atoms with Gasteiger partial charge in [-0.3, -0.25) is 19.4 Å². The Kier molecular flexibility index (Phi) is 11.5. The third-order valence-corrected chi connectivity index (χ3v) is 8.70. The molecular weight excluding hydrogens is 682 g/mol. The Bertz CT molecular complexity index is 1630. The molecule has 0 saturated carbocycles. The predicted molar refractivity (Wildman–Crippen MR) is 166 cm³/mol. The first-order valence-electron chi connectivity index (χ1n) is 15.3. The lowest BCUT2D eigenvalue weighted by atomic mass is 9.96. The fourth-order valence-electron chi connectivity index (χ4n) is 5.30. The quantitative estimate of drug-likeness (QED) is 0.127. The molecule has 0 spiro atoms. The van der Waals surface area contributed by atoms with Crippen molar-refractivity contribution in [3.05, 3.63) is 57.8 Å². The minimum absolute atomic E-state index is 0.0116. The minimum atomic E-state index is -5.08. The fraction of sp³-hybridized carbons (Fsp3) is 0.452. The maximum absolute atomic E-state index is 13.8. The molecule has 49 heavy (non-hydrogen) atoms. The van der Waals surface area contributed by atoms with Gasteiger partial charge in [-0.1, -0.05) is 11.6 Å². The monoisotopic (exact) mass is 714 g/mol. The molecule has 2 aromatic carbocycles. The maximum Gasteiger partial charge on any atom is 0.416 e. The number of aromatic amines is 1. The summed E-state index contributed by atoms with van der Waals surface area (Å²) in [6.45, 7) is 2.90. The summed E-state index contributed by atoms with van der Waals surface area (Å²) < 4.78 is 99.8. The summed E-state index contributed by atoms with van der Waals surface area (Å²) in [5, 5.41) is 13.1. The summed E-state index contributed by atoms with van der Waals surface area (Å²) in [6.07, 6.45) is -6.33. The first-order chi connectivity index (χ1) is 23.3. The normalized spacial score (nSPS) is 17.0. The van der Waals surface area contributed by atoms with E-state index in [4.69, 9.17) is 14.2 Å². The van der Waals surface area contributed by atoms with Crippen LogP contribution in [0.4, 0.5) is 31.1 Å². The van der Waals surface area contributed by atoms with E-state index in [-0.39, 0.29) is 46.7 Å². The molecule has 2 amide bonds. The number of hydrogen-bond donors (Lipinski definition) is 1. The number of morpholine rings is 1. The average molecular weight is 715 g/mol. The number of aromatic nitrogens is 4. The first kappa shape index (κ1) is 36.1. The second-order valence-electron chi connectivity index (χ2n) is 11.2. The number of ether oxygens (including phenoxy) is 3. The van der Waals surface area contributed by atoms with Crippen molar-refractivity contribution in [2.75, 3.05) is 53.1 Å². The highest BCUT2D eigenvalue weighted by Gasteiger charge is 2.38. The number of nitrogens with zero attached hydrogens (tertiary/aromatic N) is 5. The van der Waals surface area contributed by atoms with Gasteiger partial charge in [0.2, 0.25) is 0 Å². The van der Waals surface area contributed by atoms with Crippen molar-refractivity contribution < 1.29 is 50.1 Å². The van der Waals surface area contributed by atoms with Gasteiger partial charge in [0.1, 0.15) is 6.61 Å². The number of halogens is 6. The van der Waals surface area contributed by atoms with Gasteiger partial charge < -0.3 is 14.2 Å². The molecule has 1 N–H and O–H groups in total. The van der Waals surface area contributed by atoms with Gasteiger partial charge in [0.15, 0.2) is 17.3 Å². The molecule has 5 rings (SSSR count). The second kappa shape index (κ2) is 15.6. The van der Waals surface area contributed by atoms with Crippen molar-refractivity contribution in [3.8, 4) is 22.6 Å². The number of rotatable bonds is 13. The van der Waals surface area contributed by atoms with E-state index in [0.717, 1.165) is 4.90 Å². The molecule has 0 aliphatic carbocycles. The van der Waals surface area contributed by atoms with Crippen molar-refractivity contribution in [1.29, 1.82) is 0 Å². The predicted octanol–water partition coefficient (Wildman–Crippen LogP) is 6.07. The molecule has 3 heterocycles. The van der Waals surface area contributed by atoms with E-state index >= 15 is 0 Å². The van der Waals surface area contributed by atoms with Crippen LogP contribution in [-0.4, -0.2) is 94.7 Å². The van der Waals surface area contributed by atoms with Crippen LogP contribution >= 0.6 is 11.8 Å². The Balaban J connectivity index is 1.45. The minimum Gasteiger partial charge on any atom is -0.493 e. The summed E-state index contributed by atoms with van der Waals surface area (Å²) in [6, 6.07) is 4.01. The zero-order valence-corrected chi connectivity index (χ0v) is 27.0. The van der Waals surface area contributed by atoms with Crippen molar-refractivity contribution in [3.63, 3.8) is 0 Å². The largest absolute Gasteiger partial charge is 0.493 e. The van der Waals surface area contributed by atoms with Crippen molar-refractivity contribution in [2.24, 2.45) is 0 Å². The van der Waals surface area contributed by atoms with Crippen LogP contribution in [0.5, 0.6) is 11.5 Å². The van der Waals surface area contributed by atoms with E-state index < -0.39 is 40.2 Å². The summed E-state index contributed by atoms with van der Waals surface area (Å²) in [5.41, 5.74) is -3.35. The fourth-order valence-corrected chi connectivity index (χ4v) is 6.16. The number of alkyl halides is 6. The molecule has 2 fully saturated rings. The molecule has 2 saturated heterocycles. The van der Waals surface area contributed by atoms with Crippen LogP contribution in [0.25, 0.3) is 17.2 Å². The highest BCUT2D eigenvalue weighted by Crippen LogP contribution is 2.45. The number of aryl methyl sites for hydroxylation is 1. The zero-order chi connectivity index (χ0) is 35.2. The summed E-state index contributed by atoms with van der Waals surface area (Å²) in [4.78, 5) is 29.1. The van der Waals surface area contributed by atoms with Gasteiger partial charge in [-0.25, -0.2) is 0 Å². The van der Waals surface area contributed by atoms with Crippen LogP contribution in [0.15, 0.2) is 35.2 Å². The Morgan fingerprint density at radius 3 is 2.31 bits per heavy atom. The highest BCUT2D eigenvalue weighted by molar-refractivity contribution is 8.18. The number of H-pyrrole nitrogens is 1. The molecule has 0 atom stereocenters. The first-order valence-corrected chi connectivity index (χ1v) is 16.1. The van der Waals surface area contributed by atoms with Crippen LogP contribution in [0.2, 0.25) is 0 Å². The Morgan fingerprint density at radius 1 is 0.959 bits per heavy atom. The number of methoxy groups -OCH3 is 1. The van der Waals surface area contributed by atoms with Crippen LogP contribution in [0.3, 0.4) is 0 Å². The van der Waals surface area contributed by atoms with E-state index in [9.17, 15) is 35.9 Å². The topological polar surface area (TPSA) is 123 Å². The highest BCUT2D eigenvalue weighted by atomic mass is 32.2. The molecule has 18 heteroatoms. The smallest absolute Gasteiger partial charge is 0.416 e. The van der Waals surface area contributed by atoms with Crippen LogP contribution in [0, 0.1) is 0 Å². The summed E-state index contributed by atoms with van der Waals surface area (Å²) in [5.74, 6) is -0.0815. The van der Waals surface area contributed by atoms with Crippen LogP contribution in [-0.2, 0) is 28.3 Å². The van der Waals surface area contributed by atoms with Gasteiger partial charge in [-0.2, -0.15) is 31.6 Å². The van der Waals surface area contributed by atoms with Gasteiger partial charge in [0.05, 0.1) is 36.4 Å². The van der Waals surface area contributed by atoms with E-state index in [1.165, 1.54) is 25.3 Å². The van der Waals surface area contributed by atoms with E-state index in [0.29, 0.717) is 88.3 Å². The number of nitrogens with one attached hydrogen (secondary N) is 1. The second-order valence-corrected chi connectivity index (χ2v) is 12.2. The molecular formula is C31H32F6N6O5S. The molecule has 2 aliphatic rings. The SMILES string of the molecule is COc1cc(C=C2SC(=O)N(CCCCCc3nn[nH]n3)C2=O)cc(-c2cc(C(F)(F)F)cc(C(F)(F)F)c2)c1OCCN1CCOCC1. The number of amides is 2. The van der Waals surface area contributed by atoms with Crippen molar-refractivity contribution in [2.45, 2.75) is 38.0 Å². The maximum atomic E-state index is 13.8. The molecule has 0 bridgehead atoms. The van der Waals surface area contributed by atoms with Gasteiger partial charge in [-0.05, 0) is 72.1 Å². The Morgan fingerprint density at radius 2 is 1.67 bits per heavy atom. The molecule has 1 aromatic heterocycles. The Labute approximate surface area is 280 Å². The molecule has 0 unspecified atom stereocenters.